The smallest absolute Gasteiger partial charge is 0.416 e. The van der Waals surface area contributed by atoms with Gasteiger partial charge in [-0.1, -0.05) is 0 Å². The van der Waals surface area contributed by atoms with Crippen molar-refractivity contribution in [1.29, 1.82) is 0 Å². The summed E-state index contributed by atoms with van der Waals surface area (Å²) in [7, 11) is 0. The van der Waals surface area contributed by atoms with Gasteiger partial charge < -0.3 is 15.7 Å². The Balaban J connectivity index is 2.06. The van der Waals surface area contributed by atoms with E-state index in [4.69, 9.17) is 0 Å². The molecule has 0 spiro atoms. The lowest BCUT2D eigenvalue weighted by Gasteiger charge is -2.10. The number of amides is 2. The van der Waals surface area contributed by atoms with E-state index in [2.05, 4.69) is 10.6 Å². The van der Waals surface area contributed by atoms with Crippen LogP contribution in [0.4, 0.5) is 35.0 Å². The minimum absolute atomic E-state index is 0.0314. The van der Waals surface area contributed by atoms with E-state index in [1.165, 1.54) is 6.07 Å². The molecule has 3 N–H and O–H groups in total. The number of anilines is 2. The number of halogens is 3. The molecule has 0 aliphatic carbocycles. The van der Waals surface area contributed by atoms with Gasteiger partial charge in [0.2, 0.25) is 0 Å². The number of nitrogens with one attached hydrogen (secondary N) is 2. The number of rotatable bonds is 3. The maximum absolute atomic E-state index is 12.4. The van der Waals surface area contributed by atoms with Crippen molar-refractivity contribution in [2.75, 3.05) is 10.6 Å². The van der Waals surface area contributed by atoms with Gasteiger partial charge >= 0.3 is 17.9 Å². The molecule has 0 fully saturated rings. The van der Waals surface area contributed by atoms with Crippen molar-refractivity contribution in [3.8, 4) is 5.75 Å². The van der Waals surface area contributed by atoms with Gasteiger partial charge in [0.05, 0.1) is 10.5 Å². The molecule has 2 rings (SSSR count). The predicted octanol–water partition coefficient (Wildman–Crippen LogP) is 3.96. The van der Waals surface area contributed by atoms with E-state index in [0.717, 1.165) is 36.4 Å². The summed E-state index contributed by atoms with van der Waals surface area (Å²) in [5, 5.41) is 24.5. The highest BCUT2D eigenvalue weighted by atomic mass is 19.4. The van der Waals surface area contributed by atoms with Crippen LogP contribution >= 0.6 is 0 Å². The molecule has 7 nitrogen and oxygen atoms in total. The summed E-state index contributed by atoms with van der Waals surface area (Å²) in [6, 6.07) is 6.16. The van der Waals surface area contributed by atoms with Gasteiger partial charge in [-0.05, 0) is 36.4 Å². The summed E-state index contributed by atoms with van der Waals surface area (Å²) >= 11 is 0. The Kier molecular flexibility index (Phi) is 4.58. The molecule has 0 saturated carbocycles. The topological polar surface area (TPSA) is 104 Å². The molecule has 0 bridgehead atoms. The molecule has 126 valence electrons. The molecule has 0 radical (unpaired) electrons. The maximum atomic E-state index is 12.4. The number of hydrogen-bond donors (Lipinski definition) is 3. The van der Waals surface area contributed by atoms with Gasteiger partial charge in [0.15, 0.2) is 5.75 Å². The Morgan fingerprint density at radius 1 is 1.04 bits per heavy atom. The zero-order chi connectivity index (χ0) is 17.9. The maximum Gasteiger partial charge on any atom is 0.416 e. The Hall–Kier alpha value is -3.30. The standard InChI is InChI=1S/C14H10F3N3O4/c15-14(16,17)8-1-3-9(4-2-8)18-13(22)19-10-5-6-12(21)11(7-10)20(23)24/h1-7,21H,(H2,18,19,22). The lowest BCUT2D eigenvalue weighted by molar-refractivity contribution is -0.385. The number of hydrogen-bond acceptors (Lipinski definition) is 4. The predicted molar refractivity (Wildman–Crippen MR) is 78.8 cm³/mol. The number of phenolic OH excluding ortho intramolecular Hbond substituents is 1. The van der Waals surface area contributed by atoms with Crippen molar-refractivity contribution in [2.45, 2.75) is 6.18 Å². The highest BCUT2D eigenvalue weighted by Crippen LogP contribution is 2.30. The normalized spacial score (nSPS) is 11.0. The molecular weight excluding hydrogens is 331 g/mol. The summed E-state index contributed by atoms with van der Waals surface area (Å²) in [6.45, 7) is 0. The van der Waals surface area contributed by atoms with Crippen LogP contribution < -0.4 is 10.6 Å². The Morgan fingerprint density at radius 2 is 1.58 bits per heavy atom. The van der Waals surface area contributed by atoms with Crippen LogP contribution in [0.25, 0.3) is 0 Å². The Morgan fingerprint density at radius 3 is 2.12 bits per heavy atom. The fourth-order valence-corrected chi connectivity index (χ4v) is 1.78. The van der Waals surface area contributed by atoms with Gasteiger partial charge in [-0.3, -0.25) is 10.1 Å². The largest absolute Gasteiger partial charge is 0.502 e. The first kappa shape index (κ1) is 17.1. The number of nitrogens with zero attached hydrogens (tertiary/aromatic N) is 1. The fourth-order valence-electron chi connectivity index (χ4n) is 1.78. The minimum Gasteiger partial charge on any atom is -0.502 e. The van der Waals surface area contributed by atoms with Crippen molar-refractivity contribution in [3.63, 3.8) is 0 Å². The van der Waals surface area contributed by atoms with Crippen molar-refractivity contribution in [1.82, 2.24) is 0 Å². The fraction of sp³-hybridized carbons (Fsp3) is 0.0714. The van der Waals surface area contributed by atoms with Crippen molar-refractivity contribution in [3.05, 3.63) is 58.1 Å². The van der Waals surface area contributed by atoms with E-state index in [-0.39, 0.29) is 11.4 Å². The third kappa shape index (κ3) is 4.12. The van der Waals surface area contributed by atoms with Crippen LogP contribution in [0.5, 0.6) is 5.75 Å². The number of nitro groups is 1. The van der Waals surface area contributed by atoms with Gasteiger partial charge in [-0.2, -0.15) is 13.2 Å². The van der Waals surface area contributed by atoms with Gasteiger partial charge in [0.1, 0.15) is 0 Å². The number of alkyl halides is 3. The Bertz CT molecular complexity index is 776. The summed E-state index contributed by atoms with van der Waals surface area (Å²) in [6.07, 6.45) is -4.48. The van der Waals surface area contributed by atoms with E-state index in [9.17, 15) is 33.2 Å². The monoisotopic (exact) mass is 341 g/mol. The summed E-state index contributed by atoms with van der Waals surface area (Å²) < 4.78 is 37.3. The number of carbonyl (C=O) groups excluding carboxylic acids is 1. The molecule has 10 heteroatoms. The summed E-state index contributed by atoms with van der Waals surface area (Å²) in [5.41, 5.74) is -1.32. The Labute approximate surface area is 132 Å². The highest BCUT2D eigenvalue weighted by molar-refractivity contribution is 6.00. The van der Waals surface area contributed by atoms with Crippen molar-refractivity contribution in [2.24, 2.45) is 0 Å². The molecular formula is C14H10F3N3O4. The quantitative estimate of drug-likeness (QED) is 0.446. The second kappa shape index (κ2) is 6.44. The van der Waals surface area contributed by atoms with E-state index in [1.807, 2.05) is 0 Å². The van der Waals surface area contributed by atoms with E-state index in [1.54, 1.807) is 0 Å². The first-order valence-corrected chi connectivity index (χ1v) is 6.39. The average Bonchev–Trinajstić information content (AvgIpc) is 2.48. The molecule has 2 aromatic carbocycles. The van der Waals surface area contributed by atoms with Gasteiger partial charge in [-0.25, -0.2) is 4.79 Å². The molecule has 2 aromatic rings. The van der Waals surface area contributed by atoms with E-state index in [0.29, 0.717) is 0 Å². The molecule has 0 aliphatic rings. The molecule has 0 atom stereocenters. The van der Waals surface area contributed by atoms with Crippen LogP contribution in [0.1, 0.15) is 5.56 Å². The third-order valence-corrected chi connectivity index (χ3v) is 2.90. The number of urea groups is 1. The van der Waals surface area contributed by atoms with Crippen LogP contribution in [0.3, 0.4) is 0 Å². The number of nitro benzene ring substituents is 1. The lowest BCUT2D eigenvalue weighted by atomic mass is 10.2. The third-order valence-electron chi connectivity index (χ3n) is 2.90. The molecule has 0 unspecified atom stereocenters. The van der Waals surface area contributed by atoms with Crippen LogP contribution in [0.15, 0.2) is 42.5 Å². The lowest BCUT2D eigenvalue weighted by Crippen LogP contribution is -2.19. The van der Waals surface area contributed by atoms with E-state index < -0.39 is 34.1 Å². The molecule has 0 heterocycles. The highest BCUT2D eigenvalue weighted by Gasteiger charge is 2.30. The van der Waals surface area contributed by atoms with Gasteiger partial charge in [0, 0.05) is 17.4 Å². The molecule has 0 aromatic heterocycles. The minimum atomic E-state index is -4.48. The van der Waals surface area contributed by atoms with Crippen LogP contribution in [-0.2, 0) is 6.18 Å². The van der Waals surface area contributed by atoms with Gasteiger partial charge in [0.25, 0.3) is 0 Å². The van der Waals surface area contributed by atoms with Crippen LogP contribution in [-0.4, -0.2) is 16.1 Å². The zero-order valence-corrected chi connectivity index (χ0v) is 11.8. The first-order chi connectivity index (χ1) is 11.2. The van der Waals surface area contributed by atoms with Crippen molar-refractivity contribution >= 4 is 23.1 Å². The van der Waals surface area contributed by atoms with Gasteiger partial charge in [-0.15, -0.1) is 0 Å². The molecule has 0 aliphatic heterocycles. The summed E-state index contributed by atoms with van der Waals surface area (Å²) in [5.74, 6) is -0.561. The second-order valence-electron chi connectivity index (χ2n) is 4.61. The van der Waals surface area contributed by atoms with Crippen LogP contribution in [0.2, 0.25) is 0 Å². The molecule has 0 saturated heterocycles. The molecule has 2 amide bonds. The number of benzene rings is 2. The summed E-state index contributed by atoms with van der Waals surface area (Å²) in [4.78, 5) is 21.6. The average molecular weight is 341 g/mol. The van der Waals surface area contributed by atoms with E-state index >= 15 is 0 Å². The second-order valence-corrected chi connectivity index (χ2v) is 4.61. The number of aromatic hydroxyl groups is 1. The van der Waals surface area contributed by atoms with Crippen LogP contribution in [0, 0.1) is 10.1 Å². The zero-order valence-electron chi connectivity index (χ0n) is 11.8. The molecule has 24 heavy (non-hydrogen) atoms. The first-order valence-electron chi connectivity index (χ1n) is 6.39. The number of phenols is 1. The number of carbonyl (C=O) groups is 1. The SMILES string of the molecule is O=C(Nc1ccc(C(F)(F)F)cc1)Nc1ccc(O)c([N+](=O)[O-])c1. The van der Waals surface area contributed by atoms with Crippen molar-refractivity contribution < 1.29 is 28.0 Å².